The van der Waals surface area contributed by atoms with Crippen LogP contribution in [0.15, 0.2) is 24.3 Å². The van der Waals surface area contributed by atoms with E-state index in [9.17, 15) is 14.7 Å². The fourth-order valence-electron chi connectivity index (χ4n) is 2.75. The Morgan fingerprint density at radius 1 is 1.41 bits per heavy atom. The van der Waals surface area contributed by atoms with Crippen LogP contribution < -0.4 is 4.90 Å². The van der Waals surface area contributed by atoms with Gasteiger partial charge in [0.2, 0.25) is 5.91 Å². The van der Waals surface area contributed by atoms with Gasteiger partial charge in [0.15, 0.2) is 0 Å². The van der Waals surface area contributed by atoms with Gasteiger partial charge in [0, 0.05) is 17.5 Å². The fraction of sp³-hybridized carbons (Fsp3) is 0.385. The molecule has 88 valence electrons. The number of carboxylic acid groups (broad SMARTS) is 1. The largest absolute Gasteiger partial charge is 0.480 e. The number of fused-ring (bicyclic) bond motifs is 1. The second kappa shape index (κ2) is 3.32. The monoisotopic (exact) mass is 231 g/mol. The third kappa shape index (κ3) is 1.37. The van der Waals surface area contributed by atoms with Crippen molar-refractivity contribution >= 4 is 17.6 Å². The molecule has 1 heterocycles. The Labute approximate surface area is 98.9 Å². The van der Waals surface area contributed by atoms with Gasteiger partial charge in [-0.1, -0.05) is 18.2 Å². The Hall–Kier alpha value is -1.84. The molecule has 2 aliphatic rings. The van der Waals surface area contributed by atoms with Crippen LogP contribution in [0.4, 0.5) is 5.69 Å². The SMILES string of the molecule is Cc1ccccc1N1C(=O)C2CC2C1C(=O)O. The highest BCUT2D eigenvalue weighted by Gasteiger charge is 2.61. The van der Waals surface area contributed by atoms with Crippen molar-refractivity contribution in [3.63, 3.8) is 0 Å². The molecule has 2 fully saturated rings. The molecule has 1 aromatic carbocycles. The Kier molecular flexibility index (Phi) is 2.02. The third-order valence-electron chi connectivity index (χ3n) is 3.71. The first-order chi connectivity index (χ1) is 8.11. The highest BCUT2D eigenvalue weighted by molar-refractivity contribution is 6.06. The zero-order valence-corrected chi connectivity index (χ0v) is 9.46. The van der Waals surface area contributed by atoms with Gasteiger partial charge in [-0.2, -0.15) is 0 Å². The van der Waals surface area contributed by atoms with Gasteiger partial charge in [0.05, 0.1) is 0 Å². The fourth-order valence-corrected chi connectivity index (χ4v) is 2.75. The number of carbonyl (C=O) groups is 2. The maximum Gasteiger partial charge on any atom is 0.327 e. The molecule has 1 aliphatic heterocycles. The zero-order chi connectivity index (χ0) is 12.2. The van der Waals surface area contributed by atoms with Gasteiger partial charge in [-0.05, 0) is 25.0 Å². The molecule has 0 aromatic heterocycles. The van der Waals surface area contributed by atoms with E-state index in [1.807, 2.05) is 31.2 Å². The average molecular weight is 231 g/mol. The van der Waals surface area contributed by atoms with Gasteiger partial charge >= 0.3 is 5.97 Å². The highest BCUT2D eigenvalue weighted by Crippen LogP contribution is 2.52. The van der Waals surface area contributed by atoms with E-state index in [0.717, 1.165) is 17.7 Å². The van der Waals surface area contributed by atoms with Crippen molar-refractivity contribution in [1.82, 2.24) is 0 Å². The van der Waals surface area contributed by atoms with E-state index in [-0.39, 0.29) is 17.7 Å². The van der Waals surface area contributed by atoms with Crippen molar-refractivity contribution in [3.05, 3.63) is 29.8 Å². The number of carbonyl (C=O) groups excluding carboxylic acids is 1. The summed E-state index contributed by atoms with van der Waals surface area (Å²) in [5, 5.41) is 9.26. The van der Waals surface area contributed by atoms with E-state index >= 15 is 0 Å². The number of para-hydroxylation sites is 1. The Balaban J connectivity index is 2.05. The first-order valence-electron chi connectivity index (χ1n) is 5.73. The van der Waals surface area contributed by atoms with Crippen LogP contribution in [0.1, 0.15) is 12.0 Å². The standard InChI is InChI=1S/C13H13NO3/c1-7-4-2-3-5-10(7)14-11(13(16)17)8-6-9(8)12(14)15/h2-5,8-9,11H,6H2,1H3,(H,16,17). The Morgan fingerprint density at radius 2 is 2.12 bits per heavy atom. The molecule has 1 amide bonds. The minimum absolute atomic E-state index is 0.0135. The normalized spacial score (nSPS) is 30.3. The van der Waals surface area contributed by atoms with Gasteiger partial charge in [-0.15, -0.1) is 0 Å². The van der Waals surface area contributed by atoms with E-state index in [1.165, 1.54) is 4.90 Å². The average Bonchev–Trinajstić information content (AvgIpc) is 3.00. The van der Waals surface area contributed by atoms with Gasteiger partial charge in [-0.25, -0.2) is 4.79 Å². The van der Waals surface area contributed by atoms with Gasteiger partial charge in [-0.3, -0.25) is 9.69 Å². The number of aryl methyl sites for hydroxylation is 1. The first-order valence-corrected chi connectivity index (χ1v) is 5.73. The van der Waals surface area contributed by atoms with E-state index in [1.54, 1.807) is 0 Å². The molecule has 17 heavy (non-hydrogen) atoms. The molecule has 3 atom stereocenters. The molecule has 1 N–H and O–H groups in total. The molecule has 1 aromatic rings. The van der Waals surface area contributed by atoms with Crippen LogP contribution in [0.2, 0.25) is 0 Å². The van der Waals surface area contributed by atoms with Crippen molar-refractivity contribution in [2.45, 2.75) is 19.4 Å². The summed E-state index contributed by atoms with van der Waals surface area (Å²) in [5.41, 5.74) is 1.67. The predicted molar refractivity (Wildman–Crippen MR) is 61.7 cm³/mol. The van der Waals surface area contributed by atoms with E-state index in [0.29, 0.717) is 0 Å². The number of benzene rings is 1. The summed E-state index contributed by atoms with van der Waals surface area (Å²) in [6.45, 7) is 1.89. The quantitative estimate of drug-likeness (QED) is 0.837. The van der Waals surface area contributed by atoms with Crippen LogP contribution in [0.25, 0.3) is 0 Å². The molecule has 3 unspecified atom stereocenters. The van der Waals surface area contributed by atoms with Crippen molar-refractivity contribution in [2.24, 2.45) is 11.8 Å². The van der Waals surface area contributed by atoms with Crippen LogP contribution in [0, 0.1) is 18.8 Å². The molecule has 4 heteroatoms. The van der Waals surface area contributed by atoms with Crippen molar-refractivity contribution in [3.8, 4) is 0 Å². The molecule has 0 radical (unpaired) electrons. The minimum Gasteiger partial charge on any atom is -0.480 e. The number of rotatable bonds is 2. The van der Waals surface area contributed by atoms with Crippen LogP contribution in [0.3, 0.4) is 0 Å². The topological polar surface area (TPSA) is 57.6 Å². The maximum atomic E-state index is 12.1. The maximum absolute atomic E-state index is 12.1. The summed E-state index contributed by atoms with van der Waals surface area (Å²) in [4.78, 5) is 24.8. The molecular formula is C13H13NO3. The Bertz CT molecular complexity index is 511. The minimum atomic E-state index is -0.897. The van der Waals surface area contributed by atoms with Gasteiger partial charge in [0.25, 0.3) is 0 Å². The summed E-state index contributed by atoms with van der Waals surface area (Å²) in [5.74, 6) is -0.974. The first kappa shape index (κ1) is 10.3. The number of hydrogen-bond acceptors (Lipinski definition) is 2. The van der Waals surface area contributed by atoms with Crippen molar-refractivity contribution < 1.29 is 14.7 Å². The molecule has 3 rings (SSSR count). The van der Waals surface area contributed by atoms with Gasteiger partial charge < -0.3 is 5.11 Å². The molecule has 1 aliphatic carbocycles. The van der Waals surface area contributed by atoms with Crippen molar-refractivity contribution in [2.75, 3.05) is 4.90 Å². The molecular weight excluding hydrogens is 218 g/mol. The molecule has 1 saturated carbocycles. The number of aliphatic carboxylic acids is 1. The summed E-state index contributed by atoms with van der Waals surface area (Å²) in [7, 11) is 0. The Morgan fingerprint density at radius 3 is 2.76 bits per heavy atom. The third-order valence-corrected chi connectivity index (χ3v) is 3.71. The van der Waals surface area contributed by atoms with Crippen LogP contribution >= 0.6 is 0 Å². The van der Waals surface area contributed by atoms with Crippen LogP contribution in [-0.4, -0.2) is 23.0 Å². The lowest BCUT2D eigenvalue weighted by Crippen LogP contribution is -2.42. The van der Waals surface area contributed by atoms with E-state index in [2.05, 4.69) is 0 Å². The number of anilines is 1. The molecule has 0 spiro atoms. The predicted octanol–water partition coefficient (Wildman–Crippen LogP) is 1.43. The lowest BCUT2D eigenvalue weighted by molar-refractivity contribution is -0.139. The second-order valence-electron chi connectivity index (χ2n) is 4.78. The van der Waals surface area contributed by atoms with Crippen LogP contribution in [-0.2, 0) is 9.59 Å². The number of carboxylic acids is 1. The number of amides is 1. The molecule has 1 saturated heterocycles. The molecule has 4 nitrogen and oxygen atoms in total. The van der Waals surface area contributed by atoms with Crippen molar-refractivity contribution in [1.29, 1.82) is 0 Å². The summed E-state index contributed by atoms with van der Waals surface area (Å²) in [6, 6.07) is 6.75. The number of hydrogen-bond donors (Lipinski definition) is 1. The molecule has 0 bridgehead atoms. The van der Waals surface area contributed by atoms with Gasteiger partial charge in [0.1, 0.15) is 6.04 Å². The van der Waals surface area contributed by atoms with E-state index < -0.39 is 12.0 Å². The summed E-state index contributed by atoms with van der Waals surface area (Å²) >= 11 is 0. The zero-order valence-electron chi connectivity index (χ0n) is 9.46. The highest BCUT2D eigenvalue weighted by atomic mass is 16.4. The smallest absolute Gasteiger partial charge is 0.327 e. The number of piperidine rings is 1. The second-order valence-corrected chi connectivity index (χ2v) is 4.78. The summed E-state index contributed by atoms with van der Waals surface area (Å²) in [6.07, 6.45) is 0.734. The van der Waals surface area contributed by atoms with Crippen LogP contribution in [0.5, 0.6) is 0 Å². The number of nitrogens with zero attached hydrogens (tertiary/aromatic N) is 1. The lowest BCUT2D eigenvalue weighted by atomic mass is 10.1. The summed E-state index contributed by atoms with van der Waals surface area (Å²) < 4.78 is 0. The lowest BCUT2D eigenvalue weighted by Gasteiger charge is -2.26. The van der Waals surface area contributed by atoms with E-state index in [4.69, 9.17) is 0 Å².